The van der Waals surface area contributed by atoms with Gasteiger partial charge in [-0.05, 0) is 38.0 Å². The van der Waals surface area contributed by atoms with Crippen LogP contribution in [0.5, 0.6) is 5.75 Å². The van der Waals surface area contributed by atoms with Crippen molar-refractivity contribution in [2.24, 2.45) is 0 Å². The second-order valence-corrected chi connectivity index (χ2v) is 4.75. The number of halogens is 2. The molecule has 1 aromatic carbocycles. The van der Waals surface area contributed by atoms with Gasteiger partial charge in [-0.15, -0.1) is 0 Å². The first kappa shape index (κ1) is 16.4. The molecule has 1 amide bonds. The Bertz CT molecular complexity index is 421. The predicted octanol–water partition coefficient (Wildman–Crippen LogP) is 2.11. The minimum atomic E-state index is -2.86. The molecular formula is C14H19F2NO3. The van der Waals surface area contributed by atoms with Crippen molar-refractivity contribution in [2.45, 2.75) is 45.4 Å². The maximum atomic E-state index is 12.0. The topological polar surface area (TPSA) is 58.6 Å². The van der Waals surface area contributed by atoms with Gasteiger partial charge in [0.1, 0.15) is 5.75 Å². The lowest BCUT2D eigenvalue weighted by Crippen LogP contribution is -2.35. The molecule has 20 heavy (non-hydrogen) atoms. The smallest absolute Gasteiger partial charge is 0.387 e. The highest BCUT2D eigenvalue weighted by molar-refractivity contribution is 5.78. The number of amides is 1. The molecule has 0 saturated heterocycles. The molecule has 6 heteroatoms. The summed E-state index contributed by atoms with van der Waals surface area (Å²) < 4.78 is 28.2. The lowest BCUT2D eigenvalue weighted by atomic mass is 10.1. The first-order valence-corrected chi connectivity index (χ1v) is 6.38. The molecule has 2 unspecified atom stereocenters. The highest BCUT2D eigenvalue weighted by Gasteiger charge is 2.11. The van der Waals surface area contributed by atoms with Crippen molar-refractivity contribution in [3.8, 4) is 5.75 Å². The number of aliphatic hydroxyl groups is 1. The molecule has 0 heterocycles. The van der Waals surface area contributed by atoms with Crippen LogP contribution in [0, 0.1) is 0 Å². The number of rotatable bonds is 7. The number of hydrogen-bond donors (Lipinski definition) is 2. The zero-order valence-corrected chi connectivity index (χ0v) is 11.5. The Morgan fingerprint density at radius 3 is 2.40 bits per heavy atom. The van der Waals surface area contributed by atoms with Gasteiger partial charge in [-0.2, -0.15) is 8.78 Å². The van der Waals surface area contributed by atoms with Crippen LogP contribution < -0.4 is 10.1 Å². The molecule has 4 nitrogen and oxygen atoms in total. The second-order valence-electron chi connectivity index (χ2n) is 4.75. The van der Waals surface area contributed by atoms with E-state index in [1.54, 1.807) is 19.1 Å². The van der Waals surface area contributed by atoms with E-state index < -0.39 is 12.7 Å². The van der Waals surface area contributed by atoms with Crippen LogP contribution >= 0.6 is 0 Å². The van der Waals surface area contributed by atoms with E-state index >= 15 is 0 Å². The van der Waals surface area contributed by atoms with Gasteiger partial charge in [0.15, 0.2) is 0 Å². The second kappa shape index (κ2) is 7.79. The van der Waals surface area contributed by atoms with Gasteiger partial charge >= 0.3 is 6.61 Å². The molecule has 0 aromatic heterocycles. The van der Waals surface area contributed by atoms with Crippen molar-refractivity contribution >= 4 is 5.91 Å². The molecule has 2 N–H and O–H groups in total. The van der Waals surface area contributed by atoms with Crippen LogP contribution in [0.15, 0.2) is 24.3 Å². The highest BCUT2D eigenvalue weighted by atomic mass is 19.3. The lowest BCUT2D eigenvalue weighted by Gasteiger charge is -2.15. The minimum Gasteiger partial charge on any atom is -0.435 e. The van der Waals surface area contributed by atoms with E-state index in [2.05, 4.69) is 10.1 Å². The van der Waals surface area contributed by atoms with Crippen molar-refractivity contribution in [1.82, 2.24) is 5.32 Å². The van der Waals surface area contributed by atoms with Crippen LogP contribution in [0.1, 0.15) is 25.8 Å². The van der Waals surface area contributed by atoms with Gasteiger partial charge in [0.2, 0.25) is 5.91 Å². The van der Waals surface area contributed by atoms with E-state index in [9.17, 15) is 18.7 Å². The Labute approximate surface area is 116 Å². The van der Waals surface area contributed by atoms with Crippen molar-refractivity contribution in [2.75, 3.05) is 0 Å². The third-order valence-electron chi connectivity index (χ3n) is 2.62. The normalized spacial score (nSPS) is 13.9. The summed E-state index contributed by atoms with van der Waals surface area (Å²) in [6.45, 7) is 0.611. The van der Waals surface area contributed by atoms with Crippen molar-refractivity contribution in [3.63, 3.8) is 0 Å². The van der Waals surface area contributed by atoms with E-state index in [4.69, 9.17) is 0 Å². The summed E-state index contributed by atoms with van der Waals surface area (Å²) in [6, 6.07) is 5.80. The maximum Gasteiger partial charge on any atom is 0.387 e. The average molecular weight is 287 g/mol. The highest BCUT2D eigenvalue weighted by Crippen LogP contribution is 2.15. The van der Waals surface area contributed by atoms with Gasteiger partial charge in [-0.1, -0.05) is 12.1 Å². The molecule has 0 saturated carbocycles. The van der Waals surface area contributed by atoms with Crippen LogP contribution in [-0.2, 0) is 11.2 Å². The quantitative estimate of drug-likeness (QED) is 0.807. The molecule has 112 valence electrons. The Morgan fingerprint density at radius 1 is 1.30 bits per heavy atom. The molecule has 2 atom stereocenters. The van der Waals surface area contributed by atoms with E-state index in [1.807, 2.05) is 6.92 Å². The Kier molecular flexibility index (Phi) is 6.38. The van der Waals surface area contributed by atoms with Crippen LogP contribution in [0.25, 0.3) is 0 Å². The first-order chi connectivity index (χ1) is 9.36. The number of nitrogens with one attached hydrogen (secondary N) is 1. The maximum absolute atomic E-state index is 12.0. The number of hydrogen-bond acceptors (Lipinski definition) is 3. The number of benzene rings is 1. The van der Waals surface area contributed by atoms with Gasteiger partial charge < -0.3 is 15.2 Å². The van der Waals surface area contributed by atoms with E-state index in [0.717, 1.165) is 0 Å². The number of carbonyl (C=O) groups is 1. The standard InChI is InChI=1S/C14H19F2NO3/c1-9(7-10(2)18)17-13(19)8-11-3-5-12(6-4-11)20-14(15)16/h3-6,9-10,14,18H,7-8H2,1-2H3,(H,17,19). The first-order valence-electron chi connectivity index (χ1n) is 6.38. The van der Waals surface area contributed by atoms with Crippen LogP contribution in [0.4, 0.5) is 8.78 Å². The van der Waals surface area contributed by atoms with Gasteiger partial charge in [-0.25, -0.2) is 0 Å². The number of alkyl halides is 2. The van der Waals surface area contributed by atoms with E-state index in [0.29, 0.717) is 12.0 Å². The van der Waals surface area contributed by atoms with Crippen LogP contribution in [0.3, 0.4) is 0 Å². The summed E-state index contributed by atoms with van der Waals surface area (Å²) in [5, 5.41) is 12.0. The summed E-state index contributed by atoms with van der Waals surface area (Å²) in [7, 11) is 0. The molecule has 0 fully saturated rings. The summed E-state index contributed by atoms with van der Waals surface area (Å²) in [5.74, 6) is -0.118. The predicted molar refractivity (Wildman–Crippen MR) is 70.7 cm³/mol. The summed E-state index contributed by atoms with van der Waals surface area (Å²) >= 11 is 0. The van der Waals surface area contributed by atoms with Crippen LogP contribution in [-0.4, -0.2) is 29.8 Å². The summed E-state index contributed by atoms with van der Waals surface area (Å²) in [4.78, 5) is 11.7. The fraction of sp³-hybridized carbons (Fsp3) is 0.500. The molecular weight excluding hydrogens is 268 g/mol. The Morgan fingerprint density at radius 2 is 1.90 bits per heavy atom. The minimum absolute atomic E-state index is 0.0617. The molecule has 1 aromatic rings. The third kappa shape index (κ3) is 6.47. The largest absolute Gasteiger partial charge is 0.435 e. The summed E-state index contributed by atoms with van der Waals surface area (Å²) in [5.41, 5.74) is 0.702. The van der Waals surface area contributed by atoms with Gasteiger partial charge in [0, 0.05) is 6.04 Å². The molecule has 0 aliphatic heterocycles. The van der Waals surface area contributed by atoms with Crippen molar-refractivity contribution < 1.29 is 23.4 Å². The molecule has 0 bridgehead atoms. The molecule has 0 aliphatic carbocycles. The van der Waals surface area contributed by atoms with Gasteiger partial charge in [-0.3, -0.25) is 4.79 Å². The number of carbonyl (C=O) groups excluding carboxylic acids is 1. The molecule has 0 spiro atoms. The molecule has 0 aliphatic rings. The third-order valence-corrected chi connectivity index (χ3v) is 2.62. The Hall–Kier alpha value is -1.69. The van der Waals surface area contributed by atoms with Crippen molar-refractivity contribution in [3.05, 3.63) is 29.8 Å². The fourth-order valence-corrected chi connectivity index (χ4v) is 1.87. The van der Waals surface area contributed by atoms with E-state index in [1.165, 1.54) is 12.1 Å². The lowest BCUT2D eigenvalue weighted by molar-refractivity contribution is -0.121. The zero-order valence-electron chi connectivity index (χ0n) is 11.5. The Balaban J connectivity index is 2.45. The monoisotopic (exact) mass is 287 g/mol. The number of ether oxygens (including phenoxy) is 1. The van der Waals surface area contributed by atoms with Crippen LogP contribution in [0.2, 0.25) is 0 Å². The molecule has 1 rings (SSSR count). The SMILES string of the molecule is CC(O)CC(C)NC(=O)Cc1ccc(OC(F)F)cc1. The zero-order chi connectivity index (χ0) is 15.1. The van der Waals surface area contributed by atoms with Crippen molar-refractivity contribution in [1.29, 1.82) is 0 Å². The number of aliphatic hydroxyl groups excluding tert-OH is 1. The summed E-state index contributed by atoms with van der Waals surface area (Å²) in [6.07, 6.45) is 0.155. The average Bonchev–Trinajstić information content (AvgIpc) is 2.29. The van der Waals surface area contributed by atoms with E-state index in [-0.39, 0.29) is 24.1 Å². The van der Waals surface area contributed by atoms with Gasteiger partial charge in [0.25, 0.3) is 0 Å². The molecule has 0 radical (unpaired) electrons. The van der Waals surface area contributed by atoms with Gasteiger partial charge in [0.05, 0.1) is 12.5 Å². The fourth-order valence-electron chi connectivity index (χ4n) is 1.87.